The monoisotopic (exact) mass is 252 g/mol. The lowest BCUT2D eigenvalue weighted by atomic mass is 10.1. The summed E-state index contributed by atoms with van der Waals surface area (Å²) in [5, 5.41) is 0. The molecular weight excluding hydrogens is 236 g/mol. The summed E-state index contributed by atoms with van der Waals surface area (Å²) in [5.41, 5.74) is 2.72. The zero-order chi connectivity index (χ0) is 13.1. The Bertz CT molecular complexity index is 677. The first-order valence-corrected chi connectivity index (χ1v) is 6.60. The third kappa shape index (κ3) is 2.65. The van der Waals surface area contributed by atoms with E-state index in [1.165, 1.54) is 6.42 Å². The molecular formula is C16H16N2O. The molecule has 96 valence electrons. The van der Waals surface area contributed by atoms with Crippen molar-refractivity contribution < 1.29 is 4.42 Å². The average molecular weight is 252 g/mol. The predicted octanol–water partition coefficient (Wildman–Crippen LogP) is 4.21. The Labute approximate surface area is 112 Å². The lowest BCUT2D eigenvalue weighted by molar-refractivity contribution is 0.598. The molecule has 0 atom stereocenters. The molecule has 0 saturated heterocycles. The van der Waals surface area contributed by atoms with Gasteiger partial charge in [-0.3, -0.25) is 0 Å². The van der Waals surface area contributed by atoms with Crippen molar-refractivity contribution in [2.24, 2.45) is 0 Å². The maximum Gasteiger partial charge on any atom is 0.171 e. The highest BCUT2D eigenvalue weighted by Gasteiger charge is 2.08. The van der Waals surface area contributed by atoms with Crippen LogP contribution in [0.2, 0.25) is 0 Å². The van der Waals surface area contributed by atoms with Gasteiger partial charge in [-0.2, -0.15) is 0 Å². The highest BCUT2D eigenvalue weighted by molar-refractivity contribution is 5.81. The number of aryl methyl sites for hydroxylation is 1. The quantitative estimate of drug-likeness (QED) is 0.763. The van der Waals surface area contributed by atoms with Crippen molar-refractivity contribution in [3.05, 3.63) is 54.2 Å². The van der Waals surface area contributed by atoms with E-state index in [1.54, 1.807) is 6.20 Å². The molecule has 0 aliphatic heterocycles. The Morgan fingerprint density at radius 3 is 3.11 bits per heavy atom. The van der Waals surface area contributed by atoms with E-state index in [9.17, 15) is 0 Å². The maximum absolute atomic E-state index is 5.83. The van der Waals surface area contributed by atoms with E-state index in [1.807, 2.05) is 13.0 Å². The van der Waals surface area contributed by atoms with Crippen LogP contribution in [0.5, 0.6) is 0 Å². The summed E-state index contributed by atoms with van der Waals surface area (Å²) in [6.45, 7) is 1.88. The van der Waals surface area contributed by atoms with Crippen LogP contribution >= 0.6 is 0 Å². The van der Waals surface area contributed by atoms with Crippen molar-refractivity contribution in [1.29, 1.82) is 0 Å². The van der Waals surface area contributed by atoms with Gasteiger partial charge in [0.15, 0.2) is 5.58 Å². The summed E-state index contributed by atoms with van der Waals surface area (Å²) in [5.74, 6) is 1.63. The zero-order valence-corrected chi connectivity index (χ0v) is 11.0. The van der Waals surface area contributed by atoms with Gasteiger partial charge in [0.2, 0.25) is 0 Å². The second-order valence-electron chi connectivity index (χ2n) is 4.65. The Hall–Kier alpha value is -2.16. The summed E-state index contributed by atoms with van der Waals surface area (Å²) in [7, 11) is 0. The first-order valence-electron chi connectivity index (χ1n) is 6.60. The summed E-state index contributed by atoms with van der Waals surface area (Å²) in [4.78, 5) is 8.54. The molecule has 0 saturated carbocycles. The fourth-order valence-corrected chi connectivity index (χ4v) is 2.15. The smallest absolute Gasteiger partial charge is 0.171 e. The number of hydrogen-bond donors (Lipinski definition) is 0. The number of hydrogen-bond acceptors (Lipinski definition) is 3. The zero-order valence-electron chi connectivity index (χ0n) is 11.0. The van der Waals surface area contributed by atoms with Gasteiger partial charge in [0, 0.05) is 11.6 Å². The fourth-order valence-electron chi connectivity index (χ4n) is 2.15. The highest BCUT2D eigenvalue weighted by atomic mass is 16.3. The molecule has 0 N–H and O–H groups in total. The van der Waals surface area contributed by atoms with Crippen LogP contribution in [0.3, 0.4) is 0 Å². The molecule has 1 aliphatic rings. The van der Waals surface area contributed by atoms with E-state index in [0.717, 1.165) is 41.1 Å². The second-order valence-corrected chi connectivity index (χ2v) is 4.65. The molecule has 3 rings (SSSR count). The first-order chi connectivity index (χ1) is 9.33. The standard InChI is InChI=1S/C16H16N2O/c1-12-17-11-16-14(18-12)10-15(19-16)13-8-6-4-2-3-5-7-9-13/h2,4,6,8-11H,3,5,7H2,1H3/b4-2+,8-6?,13-9?. The van der Waals surface area contributed by atoms with Crippen molar-refractivity contribution in [1.82, 2.24) is 9.97 Å². The van der Waals surface area contributed by atoms with Crippen molar-refractivity contribution in [3.8, 4) is 0 Å². The molecule has 0 fully saturated rings. The Balaban J connectivity index is 2.02. The van der Waals surface area contributed by atoms with Crippen molar-refractivity contribution in [3.63, 3.8) is 0 Å². The third-order valence-corrected chi connectivity index (χ3v) is 3.14. The SMILES string of the molecule is Cc1ncc2oc(C3=CCCC/C=C/C=C3)cc2n1. The van der Waals surface area contributed by atoms with Crippen LogP contribution in [-0.4, -0.2) is 9.97 Å². The van der Waals surface area contributed by atoms with E-state index in [4.69, 9.17) is 4.42 Å². The average Bonchev–Trinajstić information content (AvgIpc) is 2.85. The highest BCUT2D eigenvalue weighted by Crippen LogP contribution is 2.25. The molecule has 0 spiro atoms. The van der Waals surface area contributed by atoms with Gasteiger partial charge in [-0.1, -0.05) is 30.4 Å². The molecule has 3 heteroatoms. The van der Waals surface area contributed by atoms with Crippen molar-refractivity contribution >= 4 is 16.7 Å². The van der Waals surface area contributed by atoms with E-state index in [2.05, 4.69) is 40.3 Å². The lowest BCUT2D eigenvalue weighted by Gasteiger charge is -1.96. The van der Waals surface area contributed by atoms with Crippen LogP contribution in [0.15, 0.2) is 47.1 Å². The summed E-state index contributed by atoms with van der Waals surface area (Å²) >= 11 is 0. The largest absolute Gasteiger partial charge is 0.453 e. The minimum absolute atomic E-state index is 0.741. The van der Waals surface area contributed by atoms with Crippen LogP contribution in [0.1, 0.15) is 30.8 Å². The minimum atomic E-state index is 0.741. The van der Waals surface area contributed by atoms with Crippen molar-refractivity contribution in [2.75, 3.05) is 0 Å². The number of aromatic nitrogens is 2. The Morgan fingerprint density at radius 2 is 2.16 bits per heavy atom. The van der Waals surface area contributed by atoms with Crippen LogP contribution in [-0.2, 0) is 0 Å². The van der Waals surface area contributed by atoms with Crippen LogP contribution in [0.25, 0.3) is 16.7 Å². The topological polar surface area (TPSA) is 38.9 Å². The Morgan fingerprint density at radius 1 is 1.21 bits per heavy atom. The summed E-state index contributed by atoms with van der Waals surface area (Å²) in [6, 6.07) is 1.99. The van der Waals surface area contributed by atoms with Crippen LogP contribution < -0.4 is 0 Å². The second kappa shape index (κ2) is 5.22. The van der Waals surface area contributed by atoms with Gasteiger partial charge < -0.3 is 4.42 Å². The van der Waals surface area contributed by atoms with Gasteiger partial charge in [-0.05, 0) is 26.2 Å². The molecule has 0 radical (unpaired) electrons. The predicted molar refractivity (Wildman–Crippen MR) is 76.6 cm³/mol. The van der Waals surface area contributed by atoms with Gasteiger partial charge >= 0.3 is 0 Å². The molecule has 2 aromatic heterocycles. The number of allylic oxidation sites excluding steroid dienone is 6. The van der Waals surface area contributed by atoms with E-state index in [0.29, 0.717) is 0 Å². The molecule has 1 aliphatic carbocycles. The molecule has 2 aromatic rings. The van der Waals surface area contributed by atoms with Crippen LogP contribution in [0.4, 0.5) is 0 Å². The van der Waals surface area contributed by atoms with Gasteiger partial charge in [-0.15, -0.1) is 0 Å². The number of fused-ring (bicyclic) bond motifs is 1. The summed E-state index contributed by atoms with van der Waals surface area (Å²) < 4.78 is 5.83. The fraction of sp³-hybridized carbons (Fsp3) is 0.250. The number of furan rings is 1. The molecule has 3 nitrogen and oxygen atoms in total. The number of rotatable bonds is 1. The van der Waals surface area contributed by atoms with E-state index < -0.39 is 0 Å². The molecule has 0 amide bonds. The molecule has 2 heterocycles. The van der Waals surface area contributed by atoms with E-state index >= 15 is 0 Å². The molecule has 19 heavy (non-hydrogen) atoms. The number of nitrogens with zero attached hydrogens (tertiary/aromatic N) is 2. The van der Waals surface area contributed by atoms with Gasteiger partial charge in [0.25, 0.3) is 0 Å². The van der Waals surface area contributed by atoms with Crippen LogP contribution in [0, 0.1) is 6.92 Å². The van der Waals surface area contributed by atoms with Gasteiger partial charge in [0.1, 0.15) is 17.1 Å². The molecule has 0 unspecified atom stereocenters. The van der Waals surface area contributed by atoms with Gasteiger partial charge in [0.05, 0.1) is 6.20 Å². The van der Waals surface area contributed by atoms with Gasteiger partial charge in [-0.25, -0.2) is 9.97 Å². The Kier molecular flexibility index (Phi) is 3.27. The third-order valence-electron chi connectivity index (χ3n) is 3.14. The normalized spacial score (nSPS) is 17.6. The lowest BCUT2D eigenvalue weighted by Crippen LogP contribution is -1.83. The van der Waals surface area contributed by atoms with Crippen molar-refractivity contribution in [2.45, 2.75) is 26.2 Å². The molecule has 0 bridgehead atoms. The first kappa shape index (κ1) is 11.9. The van der Waals surface area contributed by atoms with E-state index in [-0.39, 0.29) is 0 Å². The molecule has 0 aromatic carbocycles. The minimum Gasteiger partial charge on any atom is -0.453 e. The maximum atomic E-state index is 5.83. The summed E-state index contributed by atoms with van der Waals surface area (Å²) in [6.07, 6.45) is 15.7.